The number of fused-ring (bicyclic) bond motifs is 3. The van der Waals surface area contributed by atoms with E-state index in [0.29, 0.717) is 0 Å². The van der Waals surface area contributed by atoms with Crippen molar-refractivity contribution in [3.63, 3.8) is 0 Å². The summed E-state index contributed by atoms with van der Waals surface area (Å²) in [5.41, 5.74) is 11.4. The zero-order valence-electron chi connectivity index (χ0n) is 10.3. The van der Waals surface area contributed by atoms with Crippen molar-refractivity contribution in [2.45, 2.75) is 38.5 Å². The van der Waals surface area contributed by atoms with Crippen molar-refractivity contribution in [2.75, 3.05) is 6.54 Å². The zero-order chi connectivity index (χ0) is 11.7. The highest BCUT2D eigenvalue weighted by molar-refractivity contribution is 5.85. The summed E-state index contributed by atoms with van der Waals surface area (Å²) in [6, 6.07) is 6.88. The van der Waals surface area contributed by atoms with Crippen molar-refractivity contribution < 1.29 is 0 Å². The molecule has 0 unspecified atom stereocenters. The standard InChI is InChI=1S/C15H20N2/c16-9-2-1-4-11-7-8-15-13(10-11)12-5-3-6-14(12)17-15/h7-8,10,17H,1-6,9,16H2. The van der Waals surface area contributed by atoms with Gasteiger partial charge in [0.05, 0.1) is 0 Å². The first-order valence-electron chi connectivity index (χ1n) is 6.71. The van der Waals surface area contributed by atoms with E-state index in [1.54, 1.807) is 5.56 Å². The third-order valence-corrected chi connectivity index (χ3v) is 3.83. The van der Waals surface area contributed by atoms with Crippen LogP contribution in [0.4, 0.5) is 0 Å². The molecule has 90 valence electrons. The number of hydrogen-bond acceptors (Lipinski definition) is 1. The fraction of sp³-hybridized carbons (Fsp3) is 0.467. The van der Waals surface area contributed by atoms with Crippen molar-refractivity contribution in [3.05, 3.63) is 35.0 Å². The molecule has 0 fully saturated rings. The second-order valence-electron chi connectivity index (χ2n) is 5.06. The minimum Gasteiger partial charge on any atom is -0.358 e. The normalized spacial score (nSPS) is 14.4. The van der Waals surface area contributed by atoms with Crippen LogP contribution in [-0.2, 0) is 19.3 Å². The molecule has 2 aromatic rings. The van der Waals surface area contributed by atoms with Crippen LogP contribution in [0.5, 0.6) is 0 Å². The summed E-state index contributed by atoms with van der Waals surface area (Å²) < 4.78 is 0. The summed E-state index contributed by atoms with van der Waals surface area (Å²) >= 11 is 0. The van der Waals surface area contributed by atoms with Crippen molar-refractivity contribution in [1.29, 1.82) is 0 Å². The summed E-state index contributed by atoms with van der Waals surface area (Å²) in [5, 5.41) is 1.46. The predicted molar refractivity (Wildman–Crippen MR) is 72.3 cm³/mol. The molecule has 3 rings (SSSR count). The maximum atomic E-state index is 5.54. The Morgan fingerprint density at radius 1 is 1.18 bits per heavy atom. The van der Waals surface area contributed by atoms with Gasteiger partial charge in [0.25, 0.3) is 0 Å². The highest BCUT2D eigenvalue weighted by Crippen LogP contribution is 2.30. The van der Waals surface area contributed by atoms with Gasteiger partial charge in [-0.3, -0.25) is 0 Å². The molecule has 0 amide bonds. The van der Waals surface area contributed by atoms with Crippen molar-refractivity contribution in [1.82, 2.24) is 4.98 Å². The topological polar surface area (TPSA) is 41.8 Å². The van der Waals surface area contributed by atoms with Gasteiger partial charge in [-0.2, -0.15) is 0 Å². The Bertz CT molecular complexity index is 525. The number of aromatic amines is 1. The number of aryl methyl sites for hydroxylation is 3. The number of H-pyrrole nitrogens is 1. The van der Waals surface area contributed by atoms with E-state index >= 15 is 0 Å². The second-order valence-corrected chi connectivity index (χ2v) is 5.06. The van der Waals surface area contributed by atoms with Gasteiger partial charge in [-0.05, 0) is 68.3 Å². The maximum Gasteiger partial charge on any atom is 0.0459 e. The Kier molecular flexibility index (Phi) is 2.89. The van der Waals surface area contributed by atoms with Gasteiger partial charge in [0.1, 0.15) is 0 Å². The number of benzene rings is 1. The predicted octanol–water partition coefficient (Wildman–Crippen LogP) is 2.94. The third-order valence-electron chi connectivity index (χ3n) is 3.83. The van der Waals surface area contributed by atoms with Crippen LogP contribution in [0.1, 0.15) is 36.1 Å². The van der Waals surface area contributed by atoms with E-state index in [-0.39, 0.29) is 0 Å². The monoisotopic (exact) mass is 228 g/mol. The fourth-order valence-corrected chi connectivity index (χ4v) is 2.92. The third kappa shape index (κ3) is 1.98. The average Bonchev–Trinajstić information content (AvgIpc) is 2.90. The van der Waals surface area contributed by atoms with Gasteiger partial charge in [0.15, 0.2) is 0 Å². The Morgan fingerprint density at radius 3 is 3.00 bits per heavy atom. The minimum atomic E-state index is 0.807. The van der Waals surface area contributed by atoms with Gasteiger partial charge in [-0.1, -0.05) is 6.07 Å². The first kappa shape index (κ1) is 10.8. The van der Waals surface area contributed by atoms with E-state index < -0.39 is 0 Å². The average molecular weight is 228 g/mol. The molecular weight excluding hydrogens is 208 g/mol. The molecule has 2 heteroatoms. The number of nitrogens with two attached hydrogens (primary N) is 1. The quantitative estimate of drug-likeness (QED) is 0.776. The molecule has 0 radical (unpaired) electrons. The van der Waals surface area contributed by atoms with E-state index in [9.17, 15) is 0 Å². The van der Waals surface area contributed by atoms with Crippen LogP contribution in [0.25, 0.3) is 10.9 Å². The molecular formula is C15H20N2. The number of hydrogen-bond donors (Lipinski definition) is 2. The zero-order valence-corrected chi connectivity index (χ0v) is 10.3. The summed E-state index contributed by atoms with van der Waals surface area (Å²) in [7, 11) is 0. The van der Waals surface area contributed by atoms with Crippen LogP contribution >= 0.6 is 0 Å². The number of unbranched alkanes of at least 4 members (excludes halogenated alkanes) is 1. The van der Waals surface area contributed by atoms with Gasteiger partial charge in [-0.25, -0.2) is 0 Å². The van der Waals surface area contributed by atoms with Crippen molar-refractivity contribution in [3.8, 4) is 0 Å². The van der Waals surface area contributed by atoms with Gasteiger partial charge < -0.3 is 10.7 Å². The van der Waals surface area contributed by atoms with Crippen molar-refractivity contribution >= 4 is 10.9 Å². The fourth-order valence-electron chi connectivity index (χ4n) is 2.92. The molecule has 1 aliphatic carbocycles. The SMILES string of the molecule is NCCCCc1ccc2[nH]c3c(c2c1)CCC3. The molecule has 1 heterocycles. The lowest BCUT2D eigenvalue weighted by Gasteiger charge is -2.02. The van der Waals surface area contributed by atoms with Crippen LogP contribution in [0, 0.1) is 0 Å². The van der Waals surface area contributed by atoms with E-state index in [1.165, 1.54) is 47.8 Å². The molecule has 0 atom stereocenters. The van der Waals surface area contributed by atoms with Gasteiger partial charge >= 0.3 is 0 Å². The summed E-state index contributed by atoms with van der Waals surface area (Å²) in [4.78, 5) is 3.55. The molecule has 2 nitrogen and oxygen atoms in total. The maximum absolute atomic E-state index is 5.54. The van der Waals surface area contributed by atoms with Crippen LogP contribution in [0.15, 0.2) is 18.2 Å². The van der Waals surface area contributed by atoms with E-state index in [4.69, 9.17) is 5.73 Å². The van der Waals surface area contributed by atoms with Crippen LogP contribution < -0.4 is 5.73 Å². The Morgan fingerprint density at radius 2 is 2.12 bits per heavy atom. The lowest BCUT2D eigenvalue weighted by Crippen LogP contribution is -1.98. The lowest BCUT2D eigenvalue weighted by atomic mass is 10.0. The van der Waals surface area contributed by atoms with Gasteiger partial charge in [0.2, 0.25) is 0 Å². The van der Waals surface area contributed by atoms with Gasteiger partial charge in [0, 0.05) is 16.6 Å². The molecule has 17 heavy (non-hydrogen) atoms. The summed E-state index contributed by atoms with van der Waals surface area (Å²) in [5.74, 6) is 0. The van der Waals surface area contributed by atoms with E-state index in [0.717, 1.165) is 19.4 Å². The van der Waals surface area contributed by atoms with Crippen LogP contribution in [0.3, 0.4) is 0 Å². The van der Waals surface area contributed by atoms with E-state index in [1.807, 2.05) is 0 Å². The molecule has 3 N–H and O–H groups in total. The lowest BCUT2D eigenvalue weighted by molar-refractivity contribution is 0.745. The highest BCUT2D eigenvalue weighted by atomic mass is 14.7. The molecule has 1 aliphatic rings. The Hall–Kier alpha value is -1.28. The molecule has 0 bridgehead atoms. The smallest absolute Gasteiger partial charge is 0.0459 e. The molecule has 0 spiro atoms. The van der Waals surface area contributed by atoms with Crippen molar-refractivity contribution in [2.24, 2.45) is 5.73 Å². The molecule has 0 saturated carbocycles. The number of nitrogens with one attached hydrogen (secondary N) is 1. The van der Waals surface area contributed by atoms with E-state index in [2.05, 4.69) is 23.2 Å². The Labute approximate surface area is 102 Å². The number of rotatable bonds is 4. The summed E-state index contributed by atoms with van der Waals surface area (Å²) in [6.45, 7) is 0.807. The molecule has 0 aliphatic heterocycles. The molecule has 1 aromatic heterocycles. The number of aromatic nitrogens is 1. The molecule has 0 saturated heterocycles. The van der Waals surface area contributed by atoms with Crippen LogP contribution in [-0.4, -0.2) is 11.5 Å². The first-order chi connectivity index (χ1) is 8.38. The first-order valence-corrected chi connectivity index (χ1v) is 6.71. The summed E-state index contributed by atoms with van der Waals surface area (Å²) in [6.07, 6.45) is 7.29. The minimum absolute atomic E-state index is 0.807. The largest absolute Gasteiger partial charge is 0.358 e. The highest BCUT2D eigenvalue weighted by Gasteiger charge is 2.16. The molecule has 1 aromatic carbocycles. The second kappa shape index (κ2) is 4.53. The van der Waals surface area contributed by atoms with Crippen LogP contribution in [0.2, 0.25) is 0 Å². The van der Waals surface area contributed by atoms with Gasteiger partial charge in [-0.15, -0.1) is 0 Å². The Balaban J connectivity index is 1.89.